The molecule has 0 unspecified atom stereocenters. The van der Waals surface area contributed by atoms with E-state index in [9.17, 15) is 0 Å². The predicted octanol–water partition coefficient (Wildman–Crippen LogP) is 2.52. The van der Waals surface area contributed by atoms with Crippen molar-refractivity contribution in [2.45, 2.75) is 13.0 Å². The molecule has 2 N–H and O–H groups in total. The number of hydrogen-bond acceptors (Lipinski definition) is 4. The number of nitrogens with zero attached hydrogens (tertiary/aromatic N) is 1. The summed E-state index contributed by atoms with van der Waals surface area (Å²) in [6.07, 6.45) is 1.01. The molecule has 0 radical (unpaired) electrons. The average Bonchev–Trinajstić information content (AvgIpc) is 2.39. The normalized spacial score (nSPS) is 11.2. The van der Waals surface area contributed by atoms with E-state index in [0.29, 0.717) is 0 Å². The quantitative estimate of drug-likeness (QED) is 0.558. The fourth-order valence-electron chi connectivity index (χ4n) is 1.87. The van der Waals surface area contributed by atoms with Crippen LogP contribution in [0.2, 0.25) is 0 Å². The highest BCUT2D eigenvalue weighted by Gasteiger charge is 2.08. The molecule has 0 atom stereocenters. The second-order valence-corrected chi connectivity index (χ2v) is 5.37. The molecular formula is C14H23BrN2O2. The maximum Gasteiger partial charge on any atom is 0.0589 e. The Morgan fingerprint density at radius 3 is 2.53 bits per heavy atom. The van der Waals surface area contributed by atoms with Gasteiger partial charge in [0.2, 0.25) is 0 Å². The molecule has 0 fully saturated rings. The van der Waals surface area contributed by atoms with Gasteiger partial charge in [0.1, 0.15) is 0 Å². The zero-order valence-electron chi connectivity index (χ0n) is 11.7. The molecule has 1 rings (SSSR count). The summed E-state index contributed by atoms with van der Waals surface area (Å²) in [6.45, 7) is 4.22. The van der Waals surface area contributed by atoms with Crippen LogP contribution in [0.5, 0.6) is 0 Å². The summed E-state index contributed by atoms with van der Waals surface area (Å²) < 4.78 is 11.3. The van der Waals surface area contributed by atoms with Crippen LogP contribution in [0.4, 0.5) is 5.69 Å². The van der Waals surface area contributed by atoms with Gasteiger partial charge in [0.25, 0.3) is 0 Å². The minimum absolute atomic E-state index is 0.726. The lowest BCUT2D eigenvalue weighted by Crippen LogP contribution is -2.29. The van der Waals surface area contributed by atoms with E-state index in [0.717, 1.165) is 55.0 Å². The third-order valence-corrected chi connectivity index (χ3v) is 3.43. The number of halogens is 1. The maximum absolute atomic E-state index is 6.04. The van der Waals surface area contributed by atoms with Gasteiger partial charge in [-0.1, -0.05) is 22.0 Å². The molecular weight excluding hydrogens is 308 g/mol. The SMILES string of the molecule is COCCCN(CCOC)Cc1ccc(Br)cc1N. The van der Waals surface area contributed by atoms with Crippen LogP contribution in [0.15, 0.2) is 22.7 Å². The van der Waals surface area contributed by atoms with Crippen LogP contribution in [0.1, 0.15) is 12.0 Å². The molecule has 5 heteroatoms. The number of nitrogens with two attached hydrogens (primary N) is 1. The topological polar surface area (TPSA) is 47.7 Å². The molecule has 0 bridgehead atoms. The lowest BCUT2D eigenvalue weighted by Gasteiger charge is -2.22. The largest absolute Gasteiger partial charge is 0.398 e. The first-order valence-corrected chi connectivity index (χ1v) is 7.20. The number of anilines is 1. The Kier molecular flexibility index (Phi) is 8.05. The van der Waals surface area contributed by atoms with Crippen molar-refractivity contribution in [3.63, 3.8) is 0 Å². The van der Waals surface area contributed by atoms with Gasteiger partial charge in [-0.2, -0.15) is 0 Å². The molecule has 0 aliphatic carbocycles. The van der Waals surface area contributed by atoms with Crippen LogP contribution < -0.4 is 5.73 Å². The third-order valence-electron chi connectivity index (χ3n) is 2.94. The highest BCUT2D eigenvalue weighted by atomic mass is 79.9. The smallest absolute Gasteiger partial charge is 0.0589 e. The van der Waals surface area contributed by atoms with E-state index < -0.39 is 0 Å². The van der Waals surface area contributed by atoms with E-state index in [2.05, 4.69) is 26.9 Å². The number of nitrogen functional groups attached to an aromatic ring is 1. The van der Waals surface area contributed by atoms with Crippen molar-refractivity contribution in [1.82, 2.24) is 4.90 Å². The summed E-state index contributed by atoms with van der Waals surface area (Å²) in [5.74, 6) is 0. The maximum atomic E-state index is 6.04. The van der Waals surface area contributed by atoms with Crippen molar-refractivity contribution in [2.75, 3.05) is 46.3 Å². The van der Waals surface area contributed by atoms with Gasteiger partial charge in [0.05, 0.1) is 6.61 Å². The molecule has 108 valence electrons. The van der Waals surface area contributed by atoms with Crippen molar-refractivity contribution in [3.05, 3.63) is 28.2 Å². The van der Waals surface area contributed by atoms with Crippen LogP contribution in [-0.2, 0) is 16.0 Å². The van der Waals surface area contributed by atoms with Gasteiger partial charge in [-0.15, -0.1) is 0 Å². The second-order valence-electron chi connectivity index (χ2n) is 4.46. The van der Waals surface area contributed by atoms with E-state index in [1.807, 2.05) is 12.1 Å². The van der Waals surface area contributed by atoms with Crippen LogP contribution in [0, 0.1) is 0 Å². The molecule has 4 nitrogen and oxygen atoms in total. The van der Waals surface area contributed by atoms with Crippen molar-refractivity contribution in [1.29, 1.82) is 0 Å². The van der Waals surface area contributed by atoms with Crippen LogP contribution in [0.3, 0.4) is 0 Å². The first-order valence-electron chi connectivity index (χ1n) is 6.41. The monoisotopic (exact) mass is 330 g/mol. The standard InChI is InChI=1S/C14H23BrN2O2/c1-18-8-3-6-17(7-9-19-2)11-12-4-5-13(15)10-14(12)16/h4-5,10H,3,6-9,11,16H2,1-2H3. The average molecular weight is 331 g/mol. The van der Waals surface area contributed by atoms with Crippen molar-refractivity contribution in [3.8, 4) is 0 Å². The van der Waals surface area contributed by atoms with Gasteiger partial charge in [0, 0.05) is 50.6 Å². The highest BCUT2D eigenvalue weighted by Crippen LogP contribution is 2.20. The molecule has 0 aromatic heterocycles. The van der Waals surface area contributed by atoms with E-state index in [1.165, 1.54) is 0 Å². The van der Waals surface area contributed by atoms with Gasteiger partial charge in [-0.05, 0) is 24.1 Å². The Morgan fingerprint density at radius 1 is 1.16 bits per heavy atom. The molecule has 0 saturated heterocycles. The van der Waals surface area contributed by atoms with Crippen molar-refractivity contribution in [2.24, 2.45) is 0 Å². The number of benzene rings is 1. The molecule has 19 heavy (non-hydrogen) atoms. The van der Waals surface area contributed by atoms with E-state index in [1.54, 1.807) is 14.2 Å². The van der Waals surface area contributed by atoms with E-state index >= 15 is 0 Å². The zero-order valence-corrected chi connectivity index (χ0v) is 13.3. The number of ether oxygens (including phenoxy) is 2. The summed E-state index contributed by atoms with van der Waals surface area (Å²) in [4.78, 5) is 2.34. The summed E-state index contributed by atoms with van der Waals surface area (Å²) in [6, 6.07) is 6.03. The zero-order chi connectivity index (χ0) is 14.1. The lowest BCUT2D eigenvalue weighted by atomic mass is 10.1. The lowest BCUT2D eigenvalue weighted by molar-refractivity contribution is 0.129. The predicted molar refractivity (Wildman–Crippen MR) is 82.2 cm³/mol. The van der Waals surface area contributed by atoms with Crippen molar-refractivity contribution < 1.29 is 9.47 Å². The van der Waals surface area contributed by atoms with Gasteiger partial charge in [-0.25, -0.2) is 0 Å². The molecule has 0 saturated carbocycles. The van der Waals surface area contributed by atoms with Crippen LogP contribution in [0.25, 0.3) is 0 Å². The molecule has 0 heterocycles. The first-order chi connectivity index (χ1) is 9.17. The first kappa shape index (κ1) is 16.4. The molecule has 0 aliphatic heterocycles. The molecule has 1 aromatic carbocycles. The Labute approximate surface area is 124 Å². The Bertz CT molecular complexity index is 374. The second kappa shape index (κ2) is 9.31. The number of hydrogen-bond donors (Lipinski definition) is 1. The third kappa shape index (κ3) is 6.38. The summed E-state index contributed by atoms with van der Waals surface area (Å²) in [5.41, 5.74) is 8.01. The number of rotatable bonds is 9. The van der Waals surface area contributed by atoms with Gasteiger partial charge >= 0.3 is 0 Å². The van der Waals surface area contributed by atoms with Gasteiger partial charge in [0.15, 0.2) is 0 Å². The van der Waals surface area contributed by atoms with Crippen molar-refractivity contribution >= 4 is 21.6 Å². The fraction of sp³-hybridized carbons (Fsp3) is 0.571. The summed E-state index contributed by atoms with van der Waals surface area (Å²) in [5, 5.41) is 0. The van der Waals surface area contributed by atoms with Gasteiger partial charge < -0.3 is 15.2 Å². The minimum atomic E-state index is 0.726. The van der Waals surface area contributed by atoms with E-state index in [4.69, 9.17) is 15.2 Å². The minimum Gasteiger partial charge on any atom is -0.398 e. The fourth-order valence-corrected chi connectivity index (χ4v) is 2.25. The Hall–Kier alpha value is -0.620. The van der Waals surface area contributed by atoms with Crippen LogP contribution in [-0.4, -0.2) is 45.4 Å². The van der Waals surface area contributed by atoms with Crippen LogP contribution >= 0.6 is 15.9 Å². The Morgan fingerprint density at radius 2 is 1.89 bits per heavy atom. The highest BCUT2D eigenvalue weighted by molar-refractivity contribution is 9.10. The number of methoxy groups -OCH3 is 2. The van der Waals surface area contributed by atoms with Gasteiger partial charge in [-0.3, -0.25) is 4.90 Å². The summed E-state index contributed by atoms with van der Waals surface area (Å²) in [7, 11) is 3.45. The molecule has 0 spiro atoms. The van der Waals surface area contributed by atoms with E-state index in [-0.39, 0.29) is 0 Å². The Balaban J connectivity index is 2.58. The molecule has 1 aromatic rings. The molecule has 0 aliphatic rings. The molecule has 0 amide bonds. The summed E-state index contributed by atoms with van der Waals surface area (Å²) >= 11 is 3.43.